The molecule has 0 aliphatic carbocycles. The van der Waals surface area contributed by atoms with Crippen LogP contribution in [0.3, 0.4) is 0 Å². The molecule has 1 fully saturated rings. The monoisotopic (exact) mass is 515 g/mol. The summed E-state index contributed by atoms with van der Waals surface area (Å²) >= 11 is 0. The third kappa shape index (κ3) is 4.99. The first-order valence-electron chi connectivity index (χ1n) is 13.1. The van der Waals surface area contributed by atoms with Crippen LogP contribution in [0.1, 0.15) is 66.9 Å². The molecular formula is C30H34FN5O2. The van der Waals surface area contributed by atoms with Crippen LogP contribution in [-0.4, -0.2) is 49.0 Å². The number of carbonyl (C=O) groups is 2. The molecule has 8 heteroatoms. The van der Waals surface area contributed by atoms with Gasteiger partial charge in [0, 0.05) is 48.5 Å². The first-order valence-corrected chi connectivity index (χ1v) is 13.1. The summed E-state index contributed by atoms with van der Waals surface area (Å²) in [5.74, 6) is 0.0868. The predicted octanol–water partition coefficient (Wildman–Crippen LogP) is 5.86. The number of amides is 1. The molecule has 198 valence electrons. The number of hydrogen-bond donors (Lipinski definition) is 0. The molecule has 1 amide bonds. The normalized spacial score (nSPS) is 14.8. The molecule has 7 nitrogen and oxygen atoms in total. The lowest BCUT2D eigenvalue weighted by Crippen LogP contribution is -2.39. The minimum atomic E-state index is -0.276. The number of benzene rings is 1. The van der Waals surface area contributed by atoms with Gasteiger partial charge in [-0.3, -0.25) is 14.3 Å². The summed E-state index contributed by atoms with van der Waals surface area (Å²) in [5.41, 5.74) is 3.77. The Labute approximate surface area is 222 Å². The van der Waals surface area contributed by atoms with E-state index in [0.29, 0.717) is 41.5 Å². The first kappa shape index (κ1) is 25.8. The quantitative estimate of drug-likeness (QED) is 0.312. The van der Waals surface area contributed by atoms with Gasteiger partial charge in [0.15, 0.2) is 5.78 Å². The van der Waals surface area contributed by atoms with Gasteiger partial charge in [-0.15, -0.1) is 0 Å². The standard InChI is InChI=1S/C30H34FN5O2/c1-19-6-7-22(14-26(19)31)25-18-36(30(3,4)5)28-24(25)8-9-27(33-28)29(38)34-12-10-21(11-13-34)16-35-17-23(15-32-35)20(2)37/h6-9,14-15,17-18,21H,10-13,16H2,1-5H3. The molecule has 1 aromatic carbocycles. The zero-order valence-electron chi connectivity index (χ0n) is 22.7. The van der Waals surface area contributed by atoms with Crippen molar-refractivity contribution in [3.63, 3.8) is 0 Å². The Hall–Kier alpha value is -3.81. The van der Waals surface area contributed by atoms with Crippen molar-refractivity contribution >= 4 is 22.7 Å². The van der Waals surface area contributed by atoms with Gasteiger partial charge in [-0.1, -0.05) is 12.1 Å². The van der Waals surface area contributed by atoms with E-state index in [4.69, 9.17) is 4.98 Å². The number of piperidine rings is 1. The lowest BCUT2D eigenvalue weighted by atomic mass is 9.96. The maximum absolute atomic E-state index is 14.4. The van der Waals surface area contributed by atoms with Crippen LogP contribution < -0.4 is 0 Å². The summed E-state index contributed by atoms with van der Waals surface area (Å²) in [5, 5.41) is 5.20. The van der Waals surface area contributed by atoms with Crippen molar-refractivity contribution in [2.45, 2.75) is 59.5 Å². The SMILES string of the molecule is CC(=O)c1cnn(CC2CCN(C(=O)c3ccc4c(-c5ccc(C)c(F)c5)cn(C(C)(C)C)c4n3)CC2)c1. The molecule has 0 radical (unpaired) electrons. The summed E-state index contributed by atoms with van der Waals surface area (Å²) in [6.07, 6.45) is 7.14. The number of Topliss-reactive ketones (excluding diaryl/α,β-unsaturated/α-hetero) is 1. The number of ketones is 1. The number of halogens is 1. The Morgan fingerprint density at radius 2 is 1.82 bits per heavy atom. The topological polar surface area (TPSA) is 73.0 Å². The Morgan fingerprint density at radius 1 is 1.08 bits per heavy atom. The molecule has 1 saturated heterocycles. The zero-order chi connectivity index (χ0) is 27.2. The number of fused-ring (bicyclic) bond motifs is 1. The fourth-order valence-corrected chi connectivity index (χ4v) is 5.11. The molecule has 3 aromatic heterocycles. The van der Waals surface area contributed by atoms with E-state index in [-0.39, 0.29) is 23.0 Å². The van der Waals surface area contributed by atoms with Crippen LogP contribution >= 0.6 is 0 Å². The van der Waals surface area contributed by atoms with Crippen LogP contribution in [0.15, 0.2) is 48.9 Å². The highest BCUT2D eigenvalue weighted by molar-refractivity contribution is 5.99. The second-order valence-electron chi connectivity index (χ2n) is 11.4. The molecule has 0 saturated carbocycles. The minimum absolute atomic E-state index is 0.0110. The van der Waals surface area contributed by atoms with Gasteiger partial charge in [-0.2, -0.15) is 5.10 Å². The van der Waals surface area contributed by atoms with E-state index in [0.717, 1.165) is 35.9 Å². The van der Waals surface area contributed by atoms with Gasteiger partial charge in [0.2, 0.25) is 0 Å². The lowest BCUT2D eigenvalue weighted by Gasteiger charge is -2.31. The Bertz CT molecular complexity index is 1520. The van der Waals surface area contributed by atoms with Crippen molar-refractivity contribution in [3.05, 3.63) is 71.6 Å². The van der Waals surface area contributed by atoms with Crippen molar-refractivity contribution in [3.8, 4) is 11.1 Å². The van der Waals surface area contributed by atoms with Gasteiger partial charge in [-0.25, -0.2) is 9.37 Å². The van der Waals surface area contributed by atoms with E-state index in [1.54, 1.807) is 44.4 Å². The molecule has 5 rings (SSSR count). The third-order valence-electron chi connectivity index (χ3n) is 7.46. The van der Waals surface area contributed by atoms with Crippen LogP contribution in [0, 0.1) is 18.7 Å². The van der Waals surface area contributed by atoms with E-state index in [1.165, 1.54) is 0 Å². The van der Waals surface area contributed by atoms with Crippen molar-refractivity contribution < 1.29 is 14.0 Å². The summed E-state index contributed by atoms with van der Waals surface area (Å²) < 4.78 is 18.3. The van der Waals surface area contributed by atoms with E-state index in [2.05, 4.69) is 30.4 Å². The van der Waals surface area contributed by atoms with Crippen molar-refractivity contribution in [2.75, 3.05) is 13.1 Å². The highest BCUT2D eigenvalue weighted by Crippen LogP contribution is 2.34. The summed E-state index contributed by atoms with van der Waals surface area (Å²) in [6, 6.07) is 8.99. The van der Waals surface area contributed by atoms with Crippen LogP contribution in [0.25, 0.3) is 22.2 Å². The molecule has 0 spiro atoms. The van der Waals surface area contributed by atoms with Crippen LogP contribution in [0.5, 0.6) is 0 Å². The number of nitrogens with zero attached hydrogens (tertiary/aromatic N) is 5. The summed E-state index contributed by atoms with van der Waals surface area (Å²) in [7, 11) is 0. The average Bonchev–Trinajstić information content (AvgIpc) is 3.50. The molecule has 0 atom stereocenters. The summed E-state index contributed by atoms with van der Waals surface area (Å²) in [6.45, 7) is 11.6. The third-order valence-corrected chi connectivity index (χ3v) is 7.46. The van der Waals surface area contributed by atoms with Crippen LogP contribution in [0.4, 0.5) is 4.39 Å². The molecule has 1 aliphatic rings. The summed E-state index contributed by atoms with van der Waals surface area (Å²) in [4.78, 5) is 31.7. The maximum atomic E-state index is 14.4. The molecule has 0 N–H and O–H groups in total. The van der Waals surface area contributed by atoms with E-state index >= 15 is 0 Å². The van der Waals surface area contributed by atoms with Gasteiger partial charge in [-0.05, 0) is 82.7 Å². The molecule has 1 aliphatic heterocycles. The van der Waals surface area contributed by atoms with Crippen molar-refractivity contribution in [1.82, 2.24) is 24.2 Å². The first-order chi connectivity index (χ1) is 18.0. The number of pyridine rings is 1. The molecule has 0 bridgehead atoms. The highest BCUT2D eigenvalue weighted by atomic mass is 19.1. The number of carbonyl (C=O) groups excluding carboxylic acids is 2. The van der Waals surface area contributed by atoms with Gasteiger partial charge in [0.1, 0.15) is 17.2 Å². The molecular weight excluding hydrogens is 481 g/mol. The Balaban J connectivity index is 1.36. The predicted molar refractivity (Wildman–Crippen MR) is 146 cm³/mol. The molecule has 4 heterocycles. The second kappa shape index (κ2) is 9.82. The number of rotatable bonds is 5. The second-order valence-corrected chi connectivity index (χ2v) is 11.4. The lowest BCUT2D eigenvalue weighted by molar-refractivity contribution is 0.0675. The van der Waals surface area contributed by atoms with Crippen molar-refractivity contribution in [2.24, 2.45) is 5.92 Å². The fraction of sp³-hybridized carbons (Fsp3) is 0.400. The Kier molecular flexibility index (Phi) is 6.67. The number of aryl methyl sites for hydroxylation is 1. The highest BCUT2D eigenvalue weighted by Gasteiger charge is 2.27. The van der Waals surface area contributed by atoms with Crippen LogP contribution in [0.2, 0.25) is 0 Å². The van der Waals surface area contributed by atoms with Gasteiger partial charge >= 0.3 is 0 Å². The minimum Gasteiger partial charge on any atom is -0.337 e. The average molecular weight is 516 g/mol. The van der Waals surface area contributed by atoms with Crippen molar-refractivity contribution in [1.29, 1.82) is 0 Å². The van der Waals surface area contributed by atoms with Crippen LogP contribution in [-0.2, 0) is 12.1 Å². The smallest absolute Gasteiger partial charge is 0.272 e. The van der Waals surface area contributed by atoms with E-state index in [1.807, 2.05) is 27.9 Å². The zero-order valence-corrected chi connectivity index (χ0v) is 22.7. The number of likely N-dealkylation sites (tertiary alicyclic amines) is 1. The van der Waals surface area contributed by atoms with Gasteiger partial charge < -0.3 is 9.47 Å². The Morgan fingerprint density at radius 3 is 2.45 bits per heavy atom. The molecule has 0 unspecified atom stereocenters. The number of aromatic nitrogens is 4. The fourth-order valence-electron chi connectivity index (χ4n) is 5.11. The largest absolute Gasteiger partial charge is 0.337 e. The maximum Gasteiger partial charge on any atom is 0.272 e. The van der Waals surface area contributed by atoms with E-state index in [9.17, 15) is 14.0 Å². The number of hydrogen-bond acceptors (Lipinski definition) is 4. The molecule has 4 aromatic rings. The van der Waals surface area contributed by atoms with E-state index < -0.39 is 0 Å². The molecule has 38 heavy (non-hydrogen) atoms. The van der Waals surface area contributed by atoms with Gasteiger partial charge in [0.05, 0.1) is 11.8 Å². The van der Waals surface area contributed by atoms with Gasteiger partial charge in [0.25, 0.3) is 5.91 Å².